The molecule has 1 amide bonds. The smallest absolute Gasteiger partial charge is 0.241 e. The van der Waals surface area contributed by atoms with E-state index >= 15 is 0 Å². The molecule has 0 bridgehead atoms. The second-order valence-electron chi connectivity index (χ2n) is 7.09. The summed E-state index contributed by atoms with van der Waals surface area (Å²) < 4.78 is 0. The summed E-state index contributed by atoms with van der Waals surface area (Å²) in [5.74, 6) is 0.142. The number of piperidine rings is 1. The molecule has 2 aromatic heterocycles. The highest BCUT2D eigenvalue weighted by atomic mass is 16.1. The number of carbonyl (C=O) groups excluding carboxylic acids is 1. The molecule has 136 valence electrons. The summed E-state index contributed by atoms with van der Waals surface area (Å²) in [6, 6.07) is 3.66. The van der Waals surface area contributed by atoms with Crippen molar-refractivity contribution in [3.63, 3.8) is 0 Å². The number of rotatable bonds is 5. The first-order valence-corrected chi connectivity index (χ1v) is 9.05. The lowest BCUT2D eigenvalue weighted by Crippen LogP contribution is -2.43. The molecule has 4 rings (SSSR count). The minimum Gasteiger partial charge on any atom is -0.368 e. The van der Waals surface area contributed by atoms with Gasteiger partial charge < -0.3 is 21.0 Å². The standard InChI is InChI=1S/C18H23N7O/c19-5-1-7-24-8-3-12(4-9-24)11-25-16(17(20)26)15-13-2-6-21-18(13)22-10-14(15)23-25/h2,6,10,12,16,23H,1,3-4,7-9,11H2,(H2,20,26)(H,21,22). The van der Waals surface area contributed by atoms with Crippen molar-refractivity contribution in [1.82, 2.24) is 19.9 Å². The summed E-state index contributed by atoms with van der Waals surface area (Å²) in [4.78, 5) is 22.0. The number of H-pyrrole nitrogens is 1. The van der Waals surface area contributed by atoms with E-state index in [1.807, 2.05) is 17.3 Å². The van der Waals surface area contributed by atoms with Crippen molar-refractivity contribution in [1.29, 1.82) is 5.26 Å². The van der Waals surface area contributed by atoms with Crippen LogP contribution in [0.25, 0.3) is 11.0 Å². The van der Waals surface area contributed by atoms with Crippen molar-refractivity contribution in [2.45, 2.75) is 25.3 Å². The molecule has 0 aromatic carbocycles. The minimum absolute atomic E-state index is 0.351. The monoisotopic (exact) mass is 353 g/mol. The highest BCUT2D eigenvalue weighted by Crippen LogP contribution is 2.39. The van der Waals surface area contributed by atoms with Gasteiger partial charge in [0.2, 0.25) is 5.91 Å². The number of hydrogen-bond donors (Lipinski definition) is 3. The molecule has 0 saturated carbocycles. The molecular weight excluding hydrogens is 330 g/mol. The summed E-state index contributed by atoms with van der Waals surface area (Å²) >= 11 is 0. The van der Waals surface area contributed by atoms with Gasteiger partial charge in [0, 0.05) is 36.7 Å². The van der Waals surface area contributed by atoms with Crippen LogP contribution in [-0.2, 0) is 4.79 Å². The van der Waals surface area contributed by atoms with E-state index in [-0.39, 0.29) is 5.91 Å². The molecule has 4 N–H and O–H groups in total. The SMILES string of the molecule is N#CCCN1CCC(CN2Nc3cnc4[nH]ccc4c3C2C(N)=O)CC1. The summed E-state index contributed by atoms with van der Waals surface area (Å²) in [6.07, 6.45) is 6.29. The number of aromatic amines is 1. The van der Waals surface area contributed by atoms with Crippen LogP contribution in [-0.4, -0.2) is 52.0 Å². The number of anilines is 1. The van der Waals surface area contributed by atoms with E-state index in [0.717, 1.165) is 61.3 Å². The average molecular weight is 353 g/mol. The van der Waals surface area contributed by atoms with Crippen LogP contribution in [0.1, 0.15) is 30.9 Å². The number of likely N-dealkylation sites (tertiary alicyclic amines) is 1. The van der Waals surface area contributed by atoms with Crippen molar-refractivity contribution in [3.8, 4) is 6.07 Å². The van der Waals surface area contributed by atoms with Crippen molar-refractivity contribution in [2.24, 2.45) is 11.7 Å². The fourth-order valence-electron chi connectivity index (χ4n) is 4.11. The number of fused-ring (bicyclic) bond motifs is 3. The third-order valence-corrected chi connectivity index (χ3v) is 5.45. The number of carbonyl (C=O) groups is 1. The lowest BCUT2D eigenvalue weighted by molar-refractivity contribution is -0.122. The van der Waals surface area contributed by atoms with Gasteiger partial charge in [-0.05, 0) is 37.9 Å². The molecule has 0 aliphatic carbocycles. The lowest BCUT2D eigenvalue weighted by atomic mass is 9.95. The predicted octanol–water partition coefficient (Wildman–Crippen LogP) is 1.36. The maximum absolute atomic E-state index is 12.2. The van der Waals surface area contributed by atoms with Crippen molar-refractivity contribution >= 4 is 22.6 Å². The van der Waals surface area contributed by atoms with E-state index < -0.39 is 6.04 Å². The van der Waals surface area contributed by atoms with Gasteiger partial charge in [0.05, 0.1) is 18.0 Å². The van der Waals surface area contributed by atoms with E-state index in [4.69, 9.17) is 11.0 Å². The molecule has 1 saturated heterocycles. The van der Waals surface area contributed by atoms with Crippen LogP contribution in [0.3, 0.4) is 0 Å². The Morgan fingerprint density at radius 2 is 2.23 bits per heavy atom. The Morgan fingerprint density at radius 3 is 2.96 bits per heavy atom. The van der Waals surface area contributed by atoms with Gasteiger partial charge >= 0.3 is 0 Å². The number of nitriles is 1. The third-order valence-electron chi connectivity index (χ3n) is 5.45. The van der Waals surface area contributed by atoms with Gasteiger partial charge in [-0.25, -0.2) is 9.99 Å². The van der Waals surface area contributed by atoms with Crippen LogP contribution in [0.4, 0.5) is 5.69 Å². The van der Waals surface area contributed by atoms with E-state index in [0.29, 0.717) is 12.3 Å². The quantitative estimate of drug-likeness (QED) is 0.748. The van der Waals surface area contributed by atoms with E-state index in [9.17, 15) is 4.79 Å². The normalized spacial score (nSPS) is 21.4. The molecule has 2 aromatic rings. The first kappa shape index (κ1) is 16.8. The number of primary amides is 1. The predicted molar refractivity (Wildman–Crippen MR) is 97.8 cm³/mol. The first-order valence-electron chi connectivity index (χ1n) is 9.05. The number of pyridine rings is 1. The van der Waals surface area contributed by atoms with E-state index in [2.05, 4.69) is 26.4 Å². The number of aromatic nitrogens is 2. The van der Waals surface area contributed by atoms with E-state index in [1.165, 1.54) is 0 Å². The molecule has 0 radical (unpaired) electrons. The Bertz CT molecular complexity index is 847. The van der Waals surface area contributed by atoms with Gasteiger partial charge in [-0.1, -0.05) is 0 Å². The Kier molecular flexibility index (Phi) is 4.49. The van der Waals surface area contributed by atoms with Gasteiger partial charge in [-0.15, -0.1) is 0 Å². The maximum Gasteiger partial charge on any atom is 0.241 e. The number of amides is 1. The topological polar surface area (TPSA) is 114 Å². The molecule has 1 unspecified atom stereocenters. The van der Waals surface area contributed by atoms with Gasteiger partial charge in [-0.2, -0.15) is 5.26 Å². The highest BCUT2D eigenvalue weighted by Gasteiger charge is 2.38. The second-order valence-corrected chi connectivity index (χ2v) is 7.09. The Balaban J connectivity index is 1.48. The zero-order valence-corrected chi connectivity index (χ0v) is 14.6. The molecule has 1 atom stereocenters. The van der Waals surface area contributed by atoms with Crippen LogP contribution in [0, 0.1) is 17.2 Å². The molecule has 8 nitrogen and oxygen atoms in total. The molecule has 0 spiro atoms. The largest absolute Gasteiger partial charge is 0.368 e. The van der Waals surface area contributed by atoms with Gasteiger partial charge in [0.1, 0.15) is 11.7 Å². The second kappa shape index (κ2) is 6.94. The molecule has 26 heavy (non-hydrogen) atoms. The zero-order chi connectivity index (χ0) is 18.1. The van der Waals surface area contributed by atoms with Crippen molar-refractivity contribution in [3.05, 3.63) is 24.0 Å². The molecular formula is C18H23N7O. The van der Waals surface area contributed by atoms with E-state index in [1.54, 1.807) is 6.20 Å². The van der Waals surface area contributed by atoms with Crippen LogP contribution in [0.2, 0.25) is 0 Å². The summed E-state index contributed by atoms with van der Waals surface area (Å²) in [6.45, 7) is 3.61. The Morgan fingerprint density at radius 1 is 1.42 bits per heavy atom. The van der Waals surface area contributed by atoms with Crippen molar-refractivity contribution < 1.29 is 4.79 Å². The zero-order valence-electron chi connectivity index (χ0n) is 14.6. The first-order chi connectivity index (χ1) is 12.7. The van der Waals surface area contributed by atoms with Crippen LogP contribution >= 0.6 is 0 Å². The maximum atomic E-state index is 12.2. The number of nitrogens with one attached hydrogen (secondary N) is 2. The van der Waals surface area contributed by atoms with Gasteiger partial charge in [-0.3, -0.25) is 4.79 Å². The Labute approximate surface area is 151 Å². The van der Waals surface area contributed by atoms with Gasteiger partial charge in [0.25, 0.3) is 0 Å². The fraction of sp³-hybridized carbons (Fsp3) is 0.500. The minimum atomic E-state index is -0.483. The molecule has 8 heteroatoms. The third kappa shape index (κ3) is 3.00. The van der Waals surface area contributed by atoms with Crippen LogP contribution in [0.15, 0.2) is 18.5 Å². The summed E-state index contributed by atoms with van der Waals surface area (Å²) in [7, 11) is 0. The number of nitrogens with two attached hydrogens (primary N) is 1. The Hall–Kier alpha value is -2.63. The fourth-order valence-corrected chi connectivity index (χ4v) is 4.11. The molecule has 4 heterocycles. The van der Waals surface area contributed by atoms with Crippen LogP contribution < -0.4 is 11.2 Å². The summed E-state index contributed by atoms with van der Waals surface area (Å²) in [5.41, 5.74) is 11.6. The van der Waals surface area contributed by atoms with Crippen LogP contribution in [0.5, 0.6) is 0 Å². The number of nitrogens with zero attached hydrogens (tertiary/aromatic N) is 4. The average Bonchev–Trinajstić information content (AvgIpc) is 3.24. The van der Waals surface area contributed by atoms with Gasteiger partial charge in [0.15, 0.2) is 0 Å². The molecule has 2 aliphatic rings. The van der Waals surface area contributed by atoms with Crippen molar-refractivity contribution in [2.75, 3.05) is 31.6 Å². The highest BCUT2D eigenvalue weighted by molar-refractivity contribution is 5.94. The number of hydrazine groups is 1. The molecule has 1 fully saturated rings. The lowest BCUT2D eigenvalue weighted by Gasteiger charge is -2.34. The molecule has 2 aliphatic heterocycles. The number of hydrogen-bond acceptors (Lipinski definition) is 6. The summed E-state index contributed by atoms with van der Waals surface area (Å²) in [5, 5.41) is 11.6.